The average Bonchev–Trinajstić information content (AvgIpc) is 1.41. The molecule has 0 radical (unpaired) electrons. The van der Waals surface area contributed by atoms with E-state index in [9.17, 15) is 0 Å². The van der Waals surface area contributed by atoms with E-state index < -0.39 is 0 Å². The van der Waals surface area contributed by atoms with E-state index in [1.807, 2.05) is 0 Å². The Kier molecular flexibility index (Phi) is 16.3. The number of hydrogen-bond donors (Lipinski definition) is 0. The second kappa shape index (κ2) is 9.52. The fraction of sp³-hybridized carbons (Fsp3) is 1.00. The van der Waals surface area contributed by atoms with Crippen LogP contribution in [0.4, 0.5) is 0 Å². The molecule has 0 saturated carbocycles. The molecule has 0 aliphatic carbocycles. The van der Waals surface area contributed by atoms with Crippen molar-refractivity contribution in [3.8, 4) is 0 Å². The molecule has 0 nitrogen and oxygen atoms in total. The normalized spacial score (nSPS) is 7.67. The van der Waals surface area contributed by atoms with Gasteiger partial charge < -0.3 is 0 Å². The molecule has 0 fully saturated rings. The van der Waals surface area contributed by atoms with Crippen molar-refractivity contribution in [2.24, 2.45) is 0 Å². The Morgan fingerprint density at radius 3 is 1.50 bits per heavy atom. The fourth-order valence-corrected chi connectivity index (χ4v) is 1.23. The van der Waals surface area contributed by atoms with Gasteiger partial charge in [-0.3, -0.25) is 0 Å². The van der Waals surface area contributed by atoms with Crippen LogP contribution in [-0.2, 0) is 19.8 Å². The third-order valence-corrected chi connectivity index (χ3v) is 2.47. The maximum atomic E-state index is 2.26. The monoisotopic (exact) mass is 335 g/mol. The molecule has 45 valence electrons. The molecule has 0 aromatic rings. The molecule has 0 atom stereocenters. The average molecular weight is 336 g/mol. The van der Waals surface area contributed by atoms with Gasteiger partial charge in [-0.2, -0.15) is 0 Å². The van der Waals surface area contributed by atoms with E-state index in [0.717, 1.165) is 19.8 Å². The van der Waals surface area contributed by atoms with Crippen molar-refractivity contribution < 1.29 is 19.8 Å². The molecule has 0 saturated heterocycles. The van der Waals surface area contributed by atoms with Crippen molar-refractivity contribution in [1.82, 2.24) is 0 Å². The van der Waals surface area contributed by atoms with E-state index in [4.69, 9.17) is 0 Å². The molecule has 0 heterocycles. The first-order valence-corrected chi connectivity index (χ1v) is 4.90. The SMILES string of the molecule is Br.C[CH2][Au][CH2]C. The standard InChI is InChI=1S/2C2H5.Au.BrH/c2*1-2;;/h2*1H2,2H3;;1H. The third kappa shape index (κ3) is 8.97. The summed E-state index contributed by atoms with van der Waals surface area (Å²) in [5.41, 5.74) is 0. The van der Waals surface area contributed by atoms with Crippen LogP contribution in [0.5, 0.6) is 0 Å². The summed E-state index contributed by atoms with van der Waals surface area (Å²) in [4.78, 5) is 0. The summed E-state index contributed by atoms with van der Waals surface area (Å²) in [5, 5.41) is 0. The van der Waals surface area contributed by atoms with Crippen molar-refractivity contribution in [3.63, 3.8) is 0 Å². The summed E-state index contributed by atoms with van der Waals surface area (Å²) in [5.74, 6) is 0. The summed E-state index contributed by atoms with van der Waals surface area (Å²) in [6, 6.07) is 0. The van der Waals surface area contributed by atoms with Gasteiger partial charge in [-0.25, -0.2) is 0 Å². The van der Waals surface area contributed by atoms with E-state index in [1.54, 1.807) is 0 Å². The van der Waals surface area contributed by atoms with Crippen LogP contribution < -0.4 is 0 Å². The molecule has 0 aromatic heterocycles. The van der Waals surface area contributed by atoms with Crippen LogP contribution in [-0.4, -0.2) is 0 Å². The molecular weight excluding hydrogens is 325 g/mol. The van der Waals surface area contributed by atoms with Crippen LogP contribution in [0.2, 0.25) is 9.28 Å². The molecule has 0 aliphatic rings. The van der Waals surface area contributed by atoms with Gasteiger partial charge in [0, 0.05) is 0 Å². The zero-order chi connectivity index (χ0) is 4.12. The molecule has 0 N–H and O–H groups in total. The topological polar surface area (TPSA) is 0 Å². The van der Waals surface area contributed by atoms with Crippen molar-refractivity contribution in [3.05, 3.63) is 0 Å². The van der Waals surface area contributed by atoms with Crippen molar-refractivity contribution >= 4 is 17.0 Å². The van der Waals surface area contributed by atoms with E-state index in [1.165, 1.54) is 9.28 Å². The third-order valence-electron chi connectivity index (χ3n) is 0.302. The van der Waals surface area contributed by atoms with Crippen LogP contribution in [0.3, 0.4) is 0 Å². The van der Waals surface area contributed by atoms with Crippen molar-refractivity contribution in [2.45, 2.75) is 23.1 Å². The first-order chi connectivity index (χ1) is 2.41. The van der Waals surface area contributed by atoms with Gasteiger partial charge in [0.25, 0.3) is 0 Å². The summed E-state index contributed by atoms with van der Waals surface area (Å²) >= 11 is 0.719. The van der Waals surface area contributed by atoms with E-state index in [0.29, 0.717) is 0 Å². The van der Waals surface area contributed by atoms with E-state index in [-0.39, 0.29) is 17.0 Å². The Balaban J connectivity index is 0. The molecule has 6 heavy (non-hydrogen) atoms. The van der Waals surface area contributed by atoms with Crippen LogP contribution in [0.15, 0.2) is 0 Å². The number of halogens is 1. The van der Waals surface area contributed by atoms with E-state index in [2.05, 4.69) is 13.8 Å². The van der Waals surface area contributed by atoms with Gasteiger partial charge in [0.05, 0.1) is 0 Å². The zero-order valence-electron chi connectivity index (χ0n) is 4.12. The second-order valence-corrected chi connectivity index (χ2v) is 4.72. The predicted octanol–water partition coefficient (Wildman–Crippen LogP) is 2.52. The molecule has 0 aromatic carbocycles. The first kappa shape index (κ1) is 10.3. The summed E-state index contributed by atoms with van der Waals surface area (Å²) in [7, 11) is 0. The molecule has 0 unspecified atom stereocenters. The predicted molar refractivity (Wildman–Crippen MR) is 31.3 cm³/mol. The fourth-order valence-electron chi connectivity index (χ4n) is 0.151. The molecule has 0 aliphatic heterocycles. The summed E-state index contributed by atoms with van der Waals surface area (Å²) in [6.07, 6.45) is 0. The van der Waals surface area contributed by atoms with Gasteiger partial charge in [-0.15, -0.1) is 17.0 Å². The van der Waals surface area contributed by atoms with Crippen LogP contribution >= 0.6 is 17.0 Å². The van der Waals surface area contributed by atoms with Gasteiger partial charge in [0.1, 0.15) is 0 Å². The number of rotatable bonds is 2. The Morgan fingerprint density at radius 1 is 1.17 bits per heavy atom. The van der Waals surface area contributed by atoms with Gasteiger partial charge >= 0.3 is 42.9 Å². The first-order valence-electron chi connectivity index (χ1n) is 1.84. The summed E-state index contributed by atoms with van der Waals surface area (Å²) in [6.45, 7) is 4.51. The summed E-state index contributed by atoms with van der Waals surface area (Å²) < 4.78 is 2.88. The Labute approximate surface area is 59.8 Å². The molecule has 0 rings (SSSR count). The molecule has 0 bridgehead atoms. The van der Waals surface area contributed by atoms with Gasteiger partial charge in [-0.05, 0) is 0 Å². The molecule has 0 spiro atoms. The minimum atomic E-state index is 0. The number of hydrogen-bond acceptors (Lipinski definition) is 0. The Bertz CT molecular complexity index is 15.0. The van der Waals surface area contributed by atoms with Crippen molar-refractivity contribution in [1.29, 1.82) is 0 Å². The second-order valence-electron chi connectivity index (χ2n) is 0.577. The van der Waals surface area contributed by atoms with Crippen LogP contribution in [0.1, 0.15) is 13.8 Å². The van der Waals surface area contributed by atoms with E-state index >= 15 is 0 Å². The van der Waals surface area contributed by atoms with Crippen molar-refractivity contribution in [2.75, 3.05) is 0 Å². The Morgan fingerprint density at radius 2 is 1.50 bits per heavy atom. The Hall–Kier alpha value is 1.22. The molecular formula is C4H11AuBr. The zero-order valence-corrected chi connectivity index (χ0v) is 8.00. The molecule has 2 heteroatoms. The minimum absolute atomic E-state index is 0. The van der Waals surface area contributed by atoms with Gasteiger partial charge in [0.15, 0.2) is 0 Å². The van der Waals surface area contributed by atoms with Gasteiger partial charge in [0.2, 0.25) is 0 Å². The maximum absolute atomic E-state index is 2.26. The van der Waals surface area contributed by atoms with Gasteiger partial charge in [-0.1, -0.05) is 0 Å². The van der Waals surface area contributed by atoms with Crippen LogP contribution in [0, 0.1) is 0 Å². The van der Waals surface area contributed by atoms with Crippen LogP contribution in [0.25, 0.3) is 0 Å². The quantitative estimate of drug-likeness (QED) is 0.680. The molecule has 0 amide bonds.